The molecule has 1 fully saturated rings. The first-order chi connectivity index (χ1) is 9.56. The molecule has 1 saturated heterocycles. The number of hydrogen-bond acceptors (Lipinski definition) is 3. The highest BCUT2D eigenvalue weighted by Gasteiger charge is 2.17. The number of likely N-dealkylation sites (N-methyl/N-ethyl adjacent to an activating group) is 1. The molecule has 0 unspecified atom stereocenters. The maximum atomic E-state index is 12.2. The first-order valence-corrected chi connectivity index (χ1v) is 7.22. The first-order valence-electron chi connectivity index (χ1n) is 7.22. The minimum absolute atomic E-state index is 0. The highest BCUT2D eigenvalue weighted by atomic mass is 35.5. The highest BCUT2D eigenvalue weighted by Crippen LogP contribution is 2.19. The van der Waals surface area contributed by atoms with Gasteiger partial charge in [0.15, 0.2) is 6.61 Å². The smallest absolute Gasteiger partial charge is 0.260 e. The molecule has 1 aliphatic rings. The summed E-state index contributed by atoms with van der Waals surface area (Å²) in [6, 6.07) is 6.06. The van der Waals surface area contributed by atoms with Crippen molar-refractivity contribution >= 4 is 18.3 Å². The van der Waals surface area contributed by atoms with Crippen molar-refractivity contribution in [3.63, 3.8) is 0 Å². The lowest BCUT2D eigenvalue weighted by molar-refractivity contribution is -0.133. The number of carbonyl (C=O) groups excluding carboxylic acids is 1. The van der Waals surface area contributed by atoms with Crippen molar-refractivity contribution in [1.82, 2.24) is 9.80 Å². The molecule has 0 aromatic heterocycles. The van der Waals surface area contributed by atoms with Crippen LogP contribution in [0.4, 0.5) is 0 Å². The molecule has 1 amide bonds. The van der Waals surface area contributed by atoms with Gasteiger partial charge in [0, 0.05) is 19.6 Å². The molecule has 0 saturated carbocycles. The zero-order chi connectivity index (χ0) is 14.5. The van der Waals surface area contributed by atoms with Crippen molar-refractivity contribution in [2.45, 2.75) is 20.3 Å². The van der Waals surface area contributed by atoms with Crippen molar-refractivity contribution in [2.75, 3.05) is 39.8 Å². The zero-order valence-corrected chi connectivity index (χ0v) is 13.9. The van der Waals surface area contributed by atoms with E-state index in [1.54, 1.807) is 0 Å². The van der Waals surface area contributed by atoms with E-state index >= 15 is 0 Å². The number of amides is 1. The van der Waals surface area contributed by atoms with E-state index in [-0.39, 0.29) is 24.9 Å². The van der Waals surface area contributed by atoms with Crippen LogP contribution in [0.5, 0.6) is 5.75 Å². The van der Waals surface area contributed by atoms with Crippen LogP contribution in [0.1, 0.15) is 17.5 Å². The Kier molecular flexibility index (Phi) is 6.99. The van der Waals surface area contributed by atoms with Gasteiger partial charge in [-0.25, -0.2) is 0 Å². The molecule has 0 N–H and O–H groups in total. The maximum Gasteiger partial charge on any atom is 0.260 e. The quantitative estimate of drug-likeness (QED) is 0.858. The van der Waals surface area contributed by atoms with Gasteiger partial charge in [-0.1, -0.05) is 12.1 Å². The van der Waals surface area contributed by atoms with E-state index in [4.69, 9.17) is 4.74 Å². The monoisotopic (exact) mass is 312 g/mol. The van der Waals surface area contributed by atoms with E-state index in [1.807, 2.05) is 30.9 Å². The van der Waals surface area contributed by atoms with Gasteiger partial charge in [-0.3, -0.25) is 4.79 Å². The van der Waals surface area contributed by atoms with Crippen molar-refractivity contribution in [1.29, 1.82) is 0 Å². The molecule has 1 aromatic carbocycles. The van der Waals surface area contributed by atoms with E-state index in [0.717, 1.165) is 49.5 Å². The minimum Gasteiger partial charge on any atom is -0.483 e. The van der Waals surface area contributed by atoms with Crippen molar-refractivity contribution in [3.05, 3.63) is 29.3 Å². The second kappa shape index (κ2) is 8.25. The van der Waals surface area contributed by atoms with Gasteiger partial charge in [0.05, 0.1) is 0 Å². The third-order valence-corrected chi connectivity index (χ3v) is 3.77. The fourth-order valence-electron chi connectivity index (χ4n) is 2.39. The summed E-state index contributed by atoms with van der Waals surface area (Å²) in [5, 5.41) is 0. The predicted octanol–water partition coefficient (Wildman–Crippen LogP) is 2.27. The second-order valence-electron chi connectivity index (χ2n) is 5.60. The lowest BCUT2D eigenvalue weighted by atomic mass is 10.1. The Hall–Kier alpha value is -1.26. The molecule has 4 nitrogen and oxygen atoms in total. The Morgan fingerprint density at radius 3 is 2.71 bits per heavy atom. The Balaban J connectivity index is 0.00000220. The summed E-state index contributed by atoms with van der Waals surface area (Å²) in [4.78, 5) is 16.4. The predicted molar refractivity (Wildman–Crippen MR) is 87.4 cm³/mol. The van der Waals surface area contributed by atoms with Crippen molar-refractivity contribution in [3.8, 4) is 5.75 Å². The van der Waals surface area contributed by atoms with Gasteiger partial charge < -0.3 is 14.5 Å². The Labute approximate surface area is 133 Å². The molecule has 1 heterocycles. The first kappa shape index (κ1) is 17.8. The van der Waals surface area contributed by atoms with Gasteiger partial charge in [-0.2, -0.15) is 0 Å². The van der Waals surface area contributed by atoms with Crippen LogP contribution in [0, 0.1) is 13.8 Å². The molecular formula is C16H25ClN2O2. The molecule has 0 bridgehead atoms. The molecule has 0 radical (unpaired) electrons. The van der Waals surface area contributed by atoms with Crippen LogP contribution in [-0.2, 0) is 4.79 Å². The summed E-state index contributed by atoms with van der Waals surface area (Å²) in [5.74, 6) is 0.895. The van der Waals surface area contributed by atoms with Crippen LogP contribution in [-0.4, -0.2) is 55.5 Å². The van der Waals surface area contributed by atoms with Gasteiger partial charge in [0.2, 0.25) is 0 Å². The van der Waals surface area contributed by atoms with Gasteiger partial charge in [-0.05, 0) is 51.1 Å². The Morgan fingerprint density at radius 1 is 1.19 bits per heavy atom. The standard InChI is InChI=1S/C16H24N2O2.ClH/c1-13-5-6-14(2)15(11-13)20-12-16(19)18-8-4-7-17(3)9-10-18;/h5-6,11H,4,7-10,12H2,1-3H3;1H. The lowest BCUT2D eigenvalue weighted by Crippen LogP contribution is -2.37. The number of ether oxygens (including phenoxy) is 1. The number of carbonyl (C=O) groups is 1. The molecule has 5 heteroatoms. The molecular weight excluding hydrogens is 288 g/mol. The molecule has 118 valence electrons. The maximum absolute atomic E-state index is 12.2. The van der Waals surface area contributed by atoms with E-state index in [1.165, 1.54) is 0 Å². The van der Waals surface area contributed by atoms with Gasteiger partial charge in [-0.15, -0.1) is 12.4 Å². The van der Waals surface area contributed by atoms with Gasteiger partial charge in [0.25, 0.3) is 5.91 Å². The molecule has 1 aromatic rings. The molecule has 0 aliphatic carbocycles. The van der Waals surface area contributed by atoms with Crippen LogP contribution in [0.2, 0.25) is 0 Å². The van der Waals surface area contributed by atoms with Crippen molar-refractivity contribution < 1.29 is 9.53 Å². The fraction of sp³-hybridized carbons (Fsp3) is 0.562. The highest BCUT2D eigenvalue weighted by molar-refractivity contribution is 5.85. The lowest BCUT2D eigenvalue weighted by Gasteiger charge is -2.21. The van der Waals surface area contributed by atoms with E-state index in [9.17, 15) is 4.79 Å². The van der Waals surface area contributed by atoms with E-state index in [0.29, 0.717) is 0 Å². The average molecular weight is 313 g/mol. The summed E-state index contributed by atoms with van der Waals surface area (Å²) in [5.41, 5.74) is 2.22. The van der Waals surface area contributed by atoms with Gasteiger partial charge >= 0.3 is 0 Å². The van der Waals surface area contributed by atoms with Crippen LogP contribution in [0.3, 0.4) is 0 Å². The fourth-order valence-corrected chi connectivity index (χ4v) is 2.39. The topological polar surface area (TPSA) is 32.8 Å². The summed E-state index contributed by atoms with van der Waals surface area (Å²) >= 11 is 0. The van der Waals surface area contributed by atoms with Crippen LogP contribution in [0.15, 0.2) is 18.2 Å². The van der Waals surface area contributed by atoms with Crippen LogP contribution < -0.4 is 4.74 Å². The molecule has 0 spiro atoms. The summed E-state index contributed by atoms with van der Waals surface area (Å²) < 4.78 is 5.70. The van der Waals surface area contributed by atoms with Crippen molar-refractivity contribution in [2.24, 2.45) is 0 Å². The largest absolute Gasteiger partial charge is 0.483 e. The molecule has 1 aliphatic heterocycles. The molecule has 21 heavy (non-hydrogen) atoms. The summed E-state index contributed by atoms with van der Waals surface area (Å²) in [6.45, 7) is 7.79. The number of aryl methyl sites for hydroxylation is 2. The average Bonchev–Trinajstić information content (AvgIpc) is 2.64. The normalized spacial score (nSPS) is 16.0. The minimum atomic E-state index is 0. The van der Waals surface area contributed by atoms with Crippen LogP contribution >= 0.6 is 12.4 Å². The zero-order valence-electron chi connectivity index (χ0n) is 13.1. The third-order valence-electron chi connectivity index (χ3n) is 3.77. The van der Waals surface area contributed by atoms with Crippen LogP contribution in [0.25, 0.3) is 0 Å². The number of benzene rings is 1. The number of hydrogen-bond donors (Lipinski definition) is 0. The van der Waals surface area contributed by atoms with E-state index < -0.39 is 0 Å². The van der Waals surface area contributed by atoms with E-state index in [2.05, 4.69) is 18.0 Å². The number of rotatable bonds is 3. The van der Waals surface area contributed by atoms with Gasteiger partial charge in [0.1, 0.15) is 5.75 Å². The third kappa shape index (κ3) is 5.21. The number of halogens is 1. The second-order valence-corrected chi connectivity index (χ2v) is 5.60. The Bertz CT molecular complexity index is 479. The summed E-state index contributed by atoms with van der Waals surface area (Å²) in [6.07, 6.45) is 1.03. The Morgan fingerprint density at radius 2 is 1.95 bits per heavy atom. The summed E-state index contributed by atoms with van der Waals surface area (Å²) in [7, 11) is 2.10. The molecule has 2 rings (SSSR count). The molecule has 0 atom stereocenters. The SMILES string of the molecule is Cc1ccc(C)c(OCC(=O)N2CCCN(C)CC2)c1.Cl. The number of nitrogens with zero attached hydrogens (tertiary/aromatic N) is 2.